The maximum absolute atomic E-state index is 12.1. The molecule has 114 valence electrons. The lowest BCUT2D eigenvalue weighted by Gasteiger charge is -2.36. The lowest BCUT2D eigenvalue weighted by molar-refractivity contribution is -0.153. The molecule has 2 aliphatic heterocycles. The molecule has 1 amide bonds. The lowest BCUT2D eigenvalue weighted by atomic mass is 9.80. The van der Waals surface area contributed by atoms with Crippen LogP contribution >= 0.6 is 0 Å². The van der Waals surface area contributed by atoms with E-state index in [1.54, 1.807) is 11.8 Å². The Balaban J connectivity index is 1.85. The van der Waals surface area contributed by atoms with Crippen LogP contribution in [-0.4, -0.2) is 54.9 Å². The number of hydrogen-bond acceptors (Lipinski definition) is 4. The third-order valence-electron chi connectivity index (χ3n) is 4.53. The molecule has 0 radical (unpaired) electrons. The van der Waals surface area contributed by atoms with Crippen molar-refractivity contribution in [1.29, 1.82) is 0 Å². The van der Waals surface area contributed by atoms with Crippen molar-refractivity contribution in [3.05, 3.63) is 0 Å². The van der Waals surface area contributed by atoms with Crippen LogP contribution in [0.25, 0.3) is 0 Å². The van der Waals surface area contributed by atoms with E-state index in [1.165, 1.54) is 0 Å². The van der Waals surface area contributed by atoms with Crippen LogP contribution in [0.4, 0.5) is 0 Å². The molecule has 0 aliphatic carbocycles. The minimum Gasteiger partial charge on any atom is -0.481 e. The van der Waals surface area contributed by atoms with Gasteiger partial charge >= 0.3 is 5.97 Å². The second kappa shape index (κ2) is 5.35. The average molecular weight is 303 g/mol. The quantitative estimate of drug-likeness (QED) is 0.821. The largest absolute Gasteiger partial charge is 0.481 e. The van der Waals surface area contributed by atoms with E-state index in [2.05, 4.69) is 0 Å². The van der Waals surface area contributed by atoms with Gasteiger partial charge < -0.3 is 10.0 Å². The highest BCUT2D eigenvalue weighted by molar-refractivity contribution is 7.91. The zero-order valence-corrected chi connectivity index (χ0v) is 12.5. The summed E-state index contributed by atoms with van der Waals surface area (Å²) < 4.78 is 22.7. The number of carboxylic acid groups (broad SMARTS) is 1. The Morgan fingerprint density at radius 2 is 1.90 bits per heavy atom. The molecular weight excluding hydrogens is 282 g/mol. The van der Waals surface area contributed by atoms with E-state index in [9.17, 15) is 18.0 Å². The van der Waals surface area contributed by atoms with Crippen molar-refractivity contribution in [2.75, 3.05) is 24.6 Å². The molecule has 2 fully saturated rings. The van der Waals surface area contributed by atoms with Gasteiger partial charge in [-0.2, -0.15) is 0 Å². The predicted octanol–water partition coefficient (Wildman–Crippen LogP) is 0.524. The topological polar surface area (TPSA) is 91.8 Å². The molecule has 2 aliphatic rings. The van der Waals surface area contributed by atoms with Crippen LogP contribution in [-0.2, 0) is 19.4 Å². The fourth-order valence-electron chi connectivity index (χ4n) is 2.87. The zero-order valence-electron chi connectivity index (χ0n) is 11.7. The Hall–Kier alpha value is -1.11. The van der Waals surface area contributed by atoms with Crippen molar-refractivity contribution in [2.45, 2.75) is 32.6 Å². The Kier molecular flexibility index (Phi) is 4.09. The summed E-state index contributed by atoms with van der Waals surface area (Å²) in [4.78, 5) is 24.9. The van der Waals surface area contributed by atoms with E-state index in [4.69, 9.17) is 5.11 Å². The van der Waals surface area contributed by atoms with Gasteiger partial charge in [-0.25, -0.2) is 8.42 Å². The SMILES string of the molecule is CC1(C(=O)O)CCN(C(=O)CC2CCS(=O)(=O)C2)CC1. The van der Waals surface area contributed by atoms with Crippen molar-refractivity contribution in [1.82, 2.24) is 4.90 Å². The molecule has 0 aromatic carbocycles. The number of carbonyl (C=O) groups excluding carboxylic acids is 1. The molecule has 2 saturated heterocycles. The fraction of sp³-hybridized carbons (Fsp3) is 0.846. The van der Waals surface area contributed by atoms with Crippen LogP contribution in [0.3, 0.4) is 0 Å². The number of hydrogen-bond donors (Lipinski definition) is 1. The van der Waals surface area contributed by atoms with Crippen LogP contribution in [0.15, 0.2) is 0 Å². The van der Waals surface area contributed by atoms with Crippen LogP contribution in [0.1, 0.15) is 32.6 Å². The molecule has 0 aromatic rings. The highest BCUT2D eigenvalue weighted by Gasteiger charge is 2.38. The monoisotopic (exact) mass is 303 g/mol. The number of piperidine rings is 1. The highest BCUT2D eigenvalue weighted by Crippen LogP contribution is 2.32. The van der Waals surface area contributed by atoms with Gasteiger partial charge in [0.25, 0.3) is 0 Å². The molecule has 1 N–H and O–H groups in total. The molecule has 6 nitrogen and oxygen atoms in total. The van der Waals surface area contributed by atoms with Gasteiger partial charge in [0.1, 0.15) is 0 Å². The summed E-state index contributed by atoms with van der Waals surface area (Å²) in [6.45, 7) is 2.60. The number of carbonyl (C=O) groups is 2. The predicted molar refractivity (Wildman–Crippen MR) is 72.9 cm³/mol. The molecule has 0 bridgehead atoms. The lowest BCUT2D eigenvalue weighted by Crippen LogP contribution is -2.45. The Bertz CT molecular complexity index is 505. The molecule has 2 rings (SSSR count). The maximum Gasteiger partial charge on any atom is 0.309 e. The normalized spacial score (nSPS) is 28.2. The molecule has 2 heterocycles. The summed E-state index contributed by atoms with van der Waals surface area (Å²) in [6, 6.07) is 0. The van der Waals surface area contributed by atoms with Gasteiger partial charge in [0.05, 0.1) is 16.9 Å². The smallest absolute Gasteiger partial charge is 0.309 e. The van der Waals surface area contributed by atoms with E-state index in [0.717, 1.165) is 0 Å². The minimum absolute atomic E-state index is 0.0421. The summed E-state index contributed by atoms with van der Waals surface area (Å²) in [7, 11) is -2.95. The summed E-state index contributed by atoms with van der Waals surface area (Å²) in [5.41, 5.74) is -0.743. The van der Waals surface area contributed by atoms with Gasteiger partial charge in [0.15, 0.2) is 9.84 Å². The van der Waals surface area contributed by atoms with Gasteiger partial charge in [0, 0.05) is 19.5 Å². The molecule has 1 atom stereocenters. The summed E-state index contributed by atoms with van der Waals surface area (Å²) in [5.74, 6) is -0.632. The second-order valence-electron chi connectivity index (χ2n) is 6.22. The molecule has 7 heteroatoms. The van der Waals surface area contributed by atoms with Crippen molar-refractivity contribution >= 4 is 21.7 Å². The standard InChI is InChI=1S/C13H21NO5S/c1-13(12(16)17)3-5-14(6-4-13)11(15)8-10-2-7-20(18,19)9-10/h10H,2-9H2,1H3,(H,16,17). The number of amides is 1. The minimum atomic E-state index is -2.95. The summed E-state index contributed by atoms with van der Waals surface area (Å²) in [6.07, 6.45) is 1.74. The molecule has 0 spiro atoms. The molecular formula is C13H21NO5S. The molecule has 0 aromatic heterocycles. The van der Waals surface area contributed by atoms with Crippen molar-refractivity contribution in [2.24, 2.45) is 11.3 Å². The maximum atomic E-state index is 12.1. The Labute approximate surface area is 119 Å². The molecule has 1 unspecified atom stereocenters. The number of aliphatic carboxylic acids is 1. The number of nitrogens with zero attached hydrogens (tertiary/aromatic N) is 1. The first-order valence-electron chi connectivity index (χ1n) is 6.93. The first-order chi connectivity index (χ1) is 9.22. The number of carboxylic acids is 1. The van der Waals surface area contributed by atoms with Gasteiger partial charge in [-0.05, 0) is 32.1 Å². The van der Waals surface area contributed by atoms with E-state index in [-0.39, 0.29) is 29.8 Å². The Morgan fingerprint density at radius 1 is 1.30 bits per heavy atom. The van der Waals surface area contributed by atoms with Crippen LogP contribution in [0, 0.1) is 11.3 Å². The van der Waals surface area contributed by atoms with E-state index >= 15 is 0 Å². The number of rotatable bonds is 3. The van der Waals surface area contributed by atoms with Gasteiger partial charge in [0.2, 0.25) is 5.91 Å². The zero-order chi connectivity index (χ0) is 15.0. The van der Waals surface area contributed by atoms with Gasteiger partial charge in [-0.3, -0.25) is 9.59 Å². The third-order valence-corrected chi connectivity index (χ3v) is 6.36. The Morgan fingerprint density at radius 3 is 2.35 bits per heavy atom. The van der Waals surface area contributed by atoms with Gasteiger partial charge in [-0.15, -0.1) is 0 Å². The number of sulfone groups is 1. The van der Waals surface area contributed by atoms with E-state index in [0.29, 0.717) is 32.4 Å². The third kappa shape index (κ3) is 3.31. The summed E-state index contributed by atoms with van der Waals surface area (Å²) >= 11 is 0. The molecule has 20 heavy (non-hydrogen) atoms. The highest BCUT2D eigenvalue weighted by atomic mass is 32.2. The van der Waals surface area contributed by atoms with E-state index < -0.39 is 21.2 Å². The van der Waals surface area contributed by atoms with Crippen LogP contribution in [0.5, 0.6) is 0 Å². The second-order valence-corrected chi connectivity index (χ2v) is 8.45. The molecule has 0 saturated carbocycles. The average Bonchev–Trinajstić information content (AvgIpc) is 2.69. The van der Waals surface area contributed by atoms with Gasteiger partial charge in [-0.1, -0.05) is 0 Å². The fourth-order valence-corrected chi connectivity index (χ4v) is 4.73. The number of likely N-dealkylation sites (tertiary alicyclic amines) is 1. The first-order valence-corrected chi connectivity index (χ1v) is 8.76. The summed E-state index contributed by atoms with van der Waals surface area (Å²) in [5, 5.41) is 9.14. The first kappa shape index (κ1) is 15.3. The van der Waals surface area contributed by atoms with Crippen LogP contribution < -0.4 is 0 Å². The van der Waals surface area contributed by atoms with E-state index in [1.807, 2.05) is 0 Å². The van der Waals surface area contributed by atoms with Crippen molar-refractivity contribution < 1.29 is 23.1 Å². The van der Waals surface area contributed by atoms with Crippen molar-refractivity contribution in [3.8, 4) is 0 Å². The van der Waals surface area contributed by atoms with Crippen molar-refractivity contribution in [3.63, 3.8) is 0 Å². The van der Waals surface area contributed by atoms with Crippen LogP contribution in [0.2, 0.25) is 0 Å².